The van der Waals surface area contributed by atoms with Crippen LogP contribution in [0.4, 0.5) is 5.82 Å². The normalized spacial score (nSPS) is 19.5. The maximum absolute atomic E-state index is 12.6. The summed E-state index contributed by atoms with van der Waals surface area (Å²) in [6, 6.07) is 7.82. The second-order valence-corrected chi connectivity index (χ2v) is 7.37. The van der Waals surface area contributed by atoms with Crippen molar-refractivity contribution in [3.8, 4) is 5.75 Å². The summed E-state index contributed by atoms with van der Waals surface area (Å²) in [6.45, 7) is 5.39. The van der Waals surface area contributed by atoms with Crippen molar-refractivity contribution in [1.82, 2.24) is 14.9 Å². The zero-order valence-electron chi connectivity index (χ0n) is 15.8. The van der Waals surface area contributed by atoms with Crippen LogP contribution < -0.4 is 9.64 Å². The van der Waals surface area contributed by atoms with E-state index in [4.69, 9.17) is 4.74 Å². The number of pyridine rings is 2. The number of hydrogen-bond acceptors (Lipinski definition) is 5. The van der Waals surface area contributed by atoms with Crippen molar-refractivity contribution in [2.24, 2.45) is 0 Å². The molecule has 0 radical (unpaired) electrons. The molecular formula is C21H26N4O2. The van der Waals surface area contributed by atoms with Crippen LogP contribution in [0.2, 0.25) is 0 Å². The van der Waals surface area contributed by atoms with Crippen molar-refractivity contribution in [2.45, 2.75) is 38.7 Å². The van der Waals surface area contributed by atoms with Gasteiger partial charge in [-0.25, -0.2) is 4.98 Å². The molecule has 4 rings (SSSR count). The van der Waals surface area contributed by atoms with Crippen molar-refractivity contribution in [3.05, 3.63) is 47.9 Å². The number of rotatable bonds is 5. The van der Waals surface area contributed by atoms with E-state index < -0.39 is 0 Å². The zero-order valence-corrected chi connectivity index (χ0v) is 15.8. The Labute approximate surface area is 160 Å². The highest BCUT2D eigenvalue weighted by molar-refractivity contribution is 5.79. The monoisotopic (exact) mass is 366 g/mol. The van der Waals surface area contributed by atoms with Gasteiger partial charge in [-0.15, -0.1) is 0 Å². The summed E-state index contributed by atoms with van der Waals surface area (Å²) in [5, 5.41) is 0. The summed E-state index contributed by atoms with van der Waals surface area (Å²) < 4.78 is 6.25. The number of anilines is 1. The molecule has 0 bridgehead atoms. The quantitative estimate of drug-likeness (QED) is 0.814. The van der Waals surface area contributed by atoms with Crippen LogP contribution in [-0.2, 0) is 11.2 Å². The Morgan fingerprint density at radius 3 is 2.81 bits per heavy atom. The molecule has 6 nitrogen and oxygen atoms in total. The molecule has 2 fully saturated rings. The number of aromatic nitrogens is 2. The number of carbonyl (C=O) groups is 1. The second-order valence-electron chi connectivity index (χ2n) is 7.37. The number of hydrogen-bond donors (Lipinski definition) is 0. The Kier molecular flexibility index (Phi) is 5.23. The molecule has 0 N–H and O–H groups in total. The number of ether oxygens (including phenoxy) is 1. The largest absolute Gasteiger partial charge is 0.485 e. The average Bonchev–Trinajstić information content (AvgIpc) is 3.36. The lowest BCUT2D eigenvalue weighted by Gasteiger charge is -2.22. The van der Waals surface area contributed by atoms with Gasteiger partial charge < -0.3 is 14.5 Å². The maximum atomic E-state index is 12.6. The van der Waals surface area contributed by atoms with Crippen LogP contribution in [0.5, 0.6) is 5.75 Å². The molecule has 142 valence electrons. The Bertz CT molecular complexity index is 787. The summed E-state index contributed by atoms with van der Waals surface area (Å²) in [4.78, 5) is 25.6. The van der Waals surface area contributed by atoms with Gasteiger partial charge in [-0.3, -0.25) is 9.78 Å². The lowest BCUT2D eigenvalue weighted by atomic mass is 10.2. The molecular weight excluding hydrogens is 340 g/mol. The maximum Gasteiger partial charge on any atom is 0.227 e. The van der Waals surface area contributed by atoms with Crippen LogP contribution in [0, 0.1) is 6.92 Å². The lowest BCUT2D eigenvalue weighted by Crippen LogP contribution is -2.32. The smallest absolute Gasteiger partial charge is 0.227 e. The number of aryl methyl sites for hydroxylation is 1. The summed E-state index contributed by atoms with van der Waals surface area (Å²) in [5.74, 6) is 1.91. The predicted molar refractivity (Wildman–Crippen MR) is 104 cm³/mol. The first kappa shape index (κ1) is 17.8. The molecule has 1 amide bonds. The van der Waals surface area contributed by atoms with E-state index in [1.807, 2.05) is 42.3 Å². The van der Waals surface area contributed by atoms with Crippen LogP contribution in [0.15, 0.2) is 36.7 Å². The van der Waals surface area contributed by atoms with Crippen molar-refractivity contribution >= 4 is 11.7 Å². The first-order chi connectivity index (χ1) is 13.2. The fraction of sp³-hybridized carbons (Fsp3) is 0.476. The molecule has 2 aliphatic rings. The molecule has 2 saturated heterocycles. The second kappa shape index (κ2) is 7.94. The SMILES string of the molecule is Cc1ccc(CC(=O)N2CC[C@H](Oc3cccnc3N3CCCC3)C2)cn1. The van der Waals surface area contributed by atoms with E-state index >= 15 is 0 Å². The van der Waals surface area contributed by atoms with Gasteiger partial charge in [-0.05, 0) is 43.5 Å². The van der Waals surface area contributed by atoms with Gasteiger partial charge in [-0.2, -0.15) is 0 Å². The molecule has 2 aromatic heterocycles. The van der Waals surface area contributed by atoms with Gasteiger partial charge in [0, 0.05) is 44.1 Å². The first-order valence-electron chi connectivity index (χ1n) is 9.75. The third-order valence-corrected chi connectivity index (χ3v) is 5.28. The minimum Gasteiger partial charge on any atom is -0.485 e. The molecule has 6 heteroatoms. The summed E-state index contributed by atoms with van der Waals surface area (Å²) >= 11 is 0. The Morgan fingerprint density at radius 2 is 2.04 bits per heavy atom. The summed E-state index contributed by atoms with van der Waals surface area (Å²) in [5.41, 5.74) is 1.92. The minimum atomic E-state index is 0.0237. The molecule has 27 heavy (non-hydrogen) atoms. The van der Waals surface area contributed by atoms with E-state index in [9.17, 15) is 4.79 Å². The van der Waals surface area contributed by atoms with Crippen molar-refractivity contribution in [1.29, 1.82) is 0 Å². The fourth-order valence-electron chi connectivity index (χ4n) is 3.76. The van der Waals surface area contributed by atoms with E-state index in [0.29, 0.717) is 13.0 Å². The van der Waals surface area contributed by atoms with Crippen LogP contribution in [0.25, 0.3) is 0 Å². The summed E-state index contributed by atoms with van der Waals surface area (Å²) in [7, 11) is 0. The lowest BCUT2D eigenvalue weighted by molar-refractivity contribution is -0.129. The molecule has 2 aromatic rings. The average molecular weight is 366 g/mol. The highest BCUT2D eigenvalue weighted by Crippen LogP contribution is 2.30. The van der Waals surface area contributed by atoms with Crippen molar-refractivity contribution < 1.29 is 9.53 Å². The van der Waals surface area contributed by atoms with E-state index in [1.165, 1.54) is 12.8 Å². The number of amides is 1. The van der Waals surface area contributed by atoms with Gasteiger partial charge in [0.1, 0.15) is 6.10 Å². The topological polar surface area (TPSA) is 58.6 Å². The predicted octanol–water partition coefficient (Wildman–Crippen LogP) is 2.61. The molecule has 0 aromatic carbocycles. The van der Waals surface area contributed by atoms with Crippen LogP contribution in [0.3, 0.4) is 0 Å². The number of carbonyl (C=O) groups excluding carboxylic acids is 1. The first-order valence-corrected chi connectivity index (χ1v) is 9.75. The van der Waals surface area contributed by atoms with Gasteiger partial charge in [0.25, 0.3) is 0 Å². The van der Waals surface area contributed by atoms with Crippen LogP contribution in [0.1, 0.15) is 30.5 Å². The molecule has 0 spiro atoms. The number of likely N-dealkylation sites (tertiary alicyclic amines) is 1. The van der Waals surface area contributed by atoms with Crippen LogP contribution >= 0.6 is 0 Å². The van der Waals surface area contributed by atoms with Crippen LogP contribution in [-0.4, -0.2) is 53.1 Å². The van der Waals surface area contributed by atoms with Gasteiger partial charge in [-0.1, -0.05) is 6.07 Å². The molecule has 0 aliphatic carbocycles. The number of nitrogens with zero attached hydrogens (tertiary/aromatic N) is 4. The molecule has 1 atom stereocenters. The van der Waals surface area contributed by atoms with Gasteiger partial charge in [0.15, 0.2) is 11.6 Å². The highest BCUT2D eigenvalue weighted by atomic mass is 16.5. The zero-order chi connectivity index (χ0) is 18.6. The summed E-state index contributed by atoms with van der Waals surface area (Å²) in [6.07, 6.45) is 7.29. The standard InChI is InChI=1S/C21H26N4O2/c1-16-6-7-17(14-23-16)13-20(26)25-12-8-18(15-25)27-19-5-4-9-22-21(19)24-10-2-3-11-24/h4-7,9,14,18H,2-3,8,10-13,15H2,1H3/t18-/m0/s1. The molecule has 4 heterocycles. The Hall–Kier alpha value is -2.63. The third kappa shape index (κ3) is 4.21. The Morgan fingerprint density at radius 1 is 1.19 bits per heavy atom. The van der Waals surface area contributed by atoms with Gasteiger partial charge >= 0.3 is 0 Å². The molecule has 2 aliphatic heterocycles. The Balaban J connectivity index is 1.36. The van der Waals surface area contributed by atoms with E-state index in [1.54, 1.807) is 6.20 Å². The minimum absolute atomic E-state index is 0.0237. The fourth-order valence-corrected chi connectivity index (χ4v) is 3.76. The van der Waals surface area contributed by atoms with E-state index in [-0.39, 0.29) is 12.0 Å². The van der Waals surface area contributed by atoms with E-state index in [2.05, 4.69) is 14.9 Å². The van der Waals surface area contributed by atoms with E-state index in [0.717, 1.165) is 48.9 Å². The van der Waals surface area contributed by atoms with Gasteiger partial charge in [0.05, 0.1) is 13.0 Å². The van der Waals surface area contributed by atoms with Gasteiger partial charge in [0.2, 0.25) is 5.91 Å². The highest BCUT2D eigenvalue weighted by Gasteiger charge is 2.29. The molecule has 0 saturated carbocycles. The third-order valence-electron chi connectivity index (χ3n) is 5.28. The van der Waals surface area contributed by atoms with Crippen molar-refractivity contribution in [2.75, 3.05) is 31.1 Å². The van der Waals surface area contributed by atoms with Crippen molar-refractivity contribution in [3.63, 3.8) is 0 Å². The molecule has 0 unspecified atom stereocenters.